The highest BCUT2D eigenvalue weighted by molar-refractivity contribution is 7.92. The summed E-state index contributed by atoms with van der Waals surface area (Å²) in [4.78, 5) is 11.3. The summed E-state index contributed by atoms with van der Waals surface area (Å²) in [5.74, 6) is -1.13. The zero-order valence-electron chi connectivity index (χ0n) is 8.65. The predicted molar refractivity (Wildman–Crippen MR) is 63.4 cm³/mol. The third-order valence-corrected chi connectivity index (χ3v) is 3.31. The summed E-state index contributed by atoms with van der Waals surface area (Å²) in [7, 11) is -3.39. The summed E-state index contributed by atoms with van der Waals surface area (Å²) in [6.07, 6.45) is 0.900. The molecule has 0 saturated heterocycles. The normalized spacial score (nSPS) is 11.0. The molecule has 0 rings (SSSR count). The fraction of sp³-hybridized carbons (Fsp3) is 0.750. The van der Waals surface area contributed by atoms with Gasteiger partial charge in [0.25, 0.3) is 0 Å². The lowest BCUT2D eigenvalue weighted by molar-refractivity contribution is -0.118. The van der Waals surface area contributed by atoms with Crippen LogP contribution in [0.4, 0.5) is 0 Å². The third-order valence-electron chi connectivity index (χ3n) is 1.58. The second-order valence-electron chi connectivity index (χ2n) is 3.16. The molecule has 88 valence electrons. The molecular formula is C8H16N2O3S2. The molecule has 3 N–H and O–H groups in total. The smallest absolute Gasteiger partial charge is 0.235 e. The zero-order chi connectivity index (χ0) is 11.9. The van der Waals surface area contributed by atoms with Crippen LogP contribution in [0.15, 0.2) is 0 Å². The van der Waals surface area contributed by atoms with Gasteiger partial charge >= 0.3 is 0 Å². The Labute approximate surface area is 95.3 Å². The Bertz CT molecular complexity index is 325. The van der Waals surface area contributed by atoms with Gasteiger partial charge < -0.3 is 11.1 Å². The molecule has 0 fully saturated rings. The van der Waals surface area contributed by atoms with Gasteiger partial charge in [-0.05, 0) is 6.42 Å². The van der Waals surface area contributed by atoms with E-state index in [1.807, 2.05) is 6.92 Å². The Morgan fingerprint density at radius 3 is 2.53 bits per heavy atom. The van der Waals surface area contributed by atoms with E-state index in [2.05, 4.69) is 17.5 Å². The number of nitrogens with one attached hydrogen (secondary N) is 1. The molecule has 0 aromatic carbocycles. The van der Waals surface area contributed by atoms with Crippen molar-refractivity contribution in [2.45, 2.75) is 19.8 Å². The number of nitrogens with two attached hydrogens (primary N) is 1. The average molecular weight is 252 g/mol. The van der Waals surface area contributed by atoms with Gasteiger partial charge in [-0.3, -0.25) is 4.79 Å². The topological polar surface area (TPSA) is 89.3 Å². The maximum Gasteiger partial charge on any atom is 0.235 e. The number of carbonyl (C=O) groups excluding carboxylic acids is 1. The first-order valence-corrected chi connectivity index (χ1v) is 6.85. The lowest BCUT2D eigenvalue weighted by Gasteiger charge is -2.04. The Balaban J connectivity index is 4.03. The van der Waals surface area contributed by atoms with E-state index in [1.54, 1.807) is 0 Å². The number of sulfone groups is 1. The average Bonchev–Trinajstić information content (AvgIpc) is 2.11. The third kappa shape index (κ3) is 8.31. The first-order chi connectivity index (χ1) is 6.87. The molecule has 0 spiro atoms. The molecule has 0 bridgehead atoms. The van der Waals surface area contributed by atoms with Crippen LogP contribution < -0.4 is 11.1 Å². The van der Waals surface area contributed by atoms with E-state index < -0.39 is 21.5 Å². The second-order valence-corrected chi connectivity index (χ2v) is 5.87. The van der Waals surface area contributed by atoms with Crippen molar-refractivity contribution < 1.29 is 13.2 Å². The molecular weight excluding hydrogens is 236 g/mol. The first-order valence-electron chi connectivity index (χ1n) is 4.63. The first kappa shape index (κ1) is 14.3. The highest BCUT2D eigenvalue weighted by atomic mass is 32.2. The van der Waals surface area contributed by atoms with Gasteiger partial charge in [-0.25, -0.2) is 8.42 Å². The van der Waals surface area contributed by atoms with Crippen molar-refractivity contribution in [1.29, 1.82) is 0 Å². The molecule has 0 unspecified atom stereocenters. The summed E-state index contributed by atoms with van der Waals surface area (Å²) in [5, 5.41) is 2.49. The predicted octanol–water partition coefficient (Wildman–Crippen LogP) is -0.396. The van der Waals surface area contributed by atoms with Crippen molar-refractivity contribution in [1.82, 2.24) is 5.32 Å². The van der Waals surface area contributed by atoms with Gasteiger partial charge in [0.1, 0.15) is 5.75 Å². The van der Waals surface area contributed by atoms with Crippen LogP contribution in [0.25, 0.3) is 0 Å². The van der Waals surface area contributed by atoms with Gasteiger partial charge in [0, 0.05) is 13.0 Å². The van der Waals surface area contributed by atoms with Gasteiger partial charge in [-0.1, -0.05) is 19.1 Å². The number of hydrogen-bond acceptors (Lipinski definition) is 4. The molecule has 1 amide bonds. The Morgan fingerprint density at radius 2 is 2.07 bits per heavy atom. The summed E-state index contributed by atoms with van der Waals surface area (Å²) in [6.45, 7) is 2.38. The minimum Gasteiger partial charge on any atom is -0.393 e. The SMILES string of the molecule is CCCNC(=O)CS(=O)(=O)CCC(N)=S. The fourth-order valence-corrected chi connectivity index (χ4v) is 2.25. The van der Waals surface area contributed by atoms with Crippen LogP contribution in [0.1, 0.15) is 19.8 Å². The number of carbonyl (C=O) groups is 1. The molecule has 0 aromatic rings. The second kappa shape index (κ2) is 6.73. The number of amides is 1. The number of rotatable bonds is 7. The van der Waals surface area contributed by atoms with Gasteiger partial charge in [-0.2, -0.15) is 0 Å². The minimum absolute atomic E-state index is 0.124. The highest BCUT2D eigenvalue weighted by Crippen LogP contribution is 1.94. The molecule has 7 heteroatoms. The molecule has 0 atom stereocenters. The molecule has 0 radical (unpaired) electrons. The Hall–Kier alpha value is -0.690. The Morgan fingerprint density at radius 1 is 1.47 bits per heavy atom. The van der Waals surface area contributed by atoms with E-state index in [-0.39, 0.29) is 17.2 Å². The van der Waals surface area contributed by atoms with Crippen LogP contribution in [0.5, 0.6) is 0 Å². The lowest BCUT2D eigenvalue weighted by atomic mass is 10.5. The summed E-state index contributed by atoms with van der Waals surface area (Å²) in [6, 6.07) is 0. The summed E-state index contributed by atoms with van der Waals surface area (Å²) >= 11 is 4.56. The van der Waals surface area contributed by atoms with Gasteiger partial charge in [-0.15, -0.1) is 0 Å². The molecule has 5 nitrogen and oxygen atoms in total. The van der Waals surface area contributed by atoms with Crippen LogP contribution in [-0.4, -0.2) is 37.4 Å². The van der Waals surface area contributed by atoms with Crippen molar-refractivity contribution in [3.05, 3.63) is 0 Å². The van der Waals surface area contributed by atoms with Crippen LogP contribution in [0, 0.1) is 0 Å². The highest BCUT2D eigenvalue weighted by Gasteiger charge is 2.16. The van der Waals surface area contributed by atoms with Gasteiger partial charge in [0.05, 0.1) is 10.7 Å². The monoisotopic (exact) mass is 252 g/mol. The minimum atomic E-state index is -3.39. The van der Waals surface area contributed by atoms with E-state index in [9.17, 15) is 13.2 Å². The molecule has 15 heavy (non-hydrogen) atoms. The van der Waals surface area contributed by atoms with E-state index in [0.717, 1.165) is 6.42 Å². The van der Waals surface area contributed by atoms with E-state index in [1.165, 1.54) is 0 Å². The number of thiocarbonyl (C=S) groups is 1. The van der Waals surface area contributed by atoms with E-state index in [4.69, 9.17) is 5.73 Å². The van der Waals surface area contributed by atoms with Crippen molar-refractivity contribution in [2.24, 2.45) is 5.73 Å². The van der Waals surface area contributed by atoms with Crippen molar-refractivity contribution in [3.8, 4) is 0 Å². The maximum atomic E-state index is 11.3. The largest absolute Gasteiger partial charge is 0.393 e. The van der Waals surface area contributed by atoms with Crippen LogP contribution >= 0.6 is 12.2 Å². The molecule has 0 aromatic heterocycles. The van der Waals surface area contributed by atoms with Crippen molar-refractivity contribution in [3.63, 3.8) is 0 Å². The lowest BCUT2D eigenvalue weighted by Crippen LogP contribution is -2.32. The number of hydrogen-bond donors (Lipinski definition) is 2. The molecule has 0 aliphatic rings. The maximum absolute atomic E-state index is 11.3. The van der Waals surface area contributed by atoms with Crippen molar-refractivity contribution >= 4 is 33.0 Å². The fourth-order valence-electron chi connectivity index (χ4n) is 0.843. The molecule has 0 aliphatic heterocycles. The van der Waals surface area contributed by atoms with E-state index in [0.29, 0.717) is 6.54 Å². The van der Waals surface area contributed by atoms with Crippen LogP contribution in [0.2, 0.25) is 0 Å². The molecule has 0 heterocycles. The van der Waals surface area contributed by atoms with Gasteiger partial charge in [0.2, 0.25) is 5.91 Å². The van der Waals surface area contributed by atoms with Crippen LogP contribution in [-0.2, 0) is 14.6 Å². The summed E-state index contributed by atoms with van der Waals surface area (Å²) < 4.78 is 22.7. The molecule has 0 saturated carbocycles. The summed E-state index contributed by atoms with van der Waals surface area (Å²) in [5.41, 5.74) is 5.18. The van der Waals surface area contributed by atoms with Gasteiger partial charge in [0.15, 0.2) is 9.84 Å². The Kier molecular flexibility index (Phi) is 6.42. The zero-order valence-corrected chi connectivity index (χ0v) is 10.3. The quantitative estimate of drug-likeness (QED) is 0.602. The standard InChI is InChI=1S/C8H16N2O3S2/c1-2-4-10-8(11)6-15(12,13)5-3-7(9)14/h2-6H2,1H3,(H2,9,14)(H,10,11). The molecule has 0 aliphatic carbocycles. The van der Waals surface area contributed by atoms with Crippen LogP contribution in [0.3, 0.4) is 0 Å². The van der Waals surface area contributed by atoms with E-state index >= 15 is 0 Å². The van der Waals surface area contributed by atoms with Crippen molar-refractivity contribution in [2.75, 3.05) is 18.1 Å².